The normalized spacial score (nSPS) is 12.0. The van der Waals surface area contributed by atoms with Gasteiger partial charge in [-0.15, -0.1) is 13.2 Å². The number of benzene rings is 2. The van der Waals surface area contributed by atoms with Crippen molar-refractivity contribution in [3.8, 4) is 17.2 Å². The molecular formula is C23H23F3N2O3S. The van der Waals surface area contributed by atoms with Crippen LogP contribution in [0.1, 0.15) is 26.3 Å². The lowest BCUT2D eigenvalue weighted by molar-refractivity contribution is -0.274. The van der Waals surface area contributed by atoms with Crippen LogP contribution in [0.3, 0.4) is 0 Å². The van der Waals surface area contributed by atoms with Crippen molar-refractivity contribution in [1.29, 1.82) is 0 Å². The van der Waals surface area contributed by atoms with E-state index >= 15 is 0 Å². The smallest absolute Gasteiger partial charge is 0.493 e. The fraction of sp³-hybridized carbons (Fsp3) is 0.304. The third kappa shape index (κ3) is 6.53. The van der Waals surface area contributed by atoms with Gasteiger partial charge in [0.05, 0.1) is 6.61 Å². The lowest BCUT2D eigenvalue weighted by atomic mass is 9.98. The van der Waals surface area contributed by atoms with Crippen molar-refractivity contribution in [2.75, 3.05) is 6.61 Å². The van der Waals surface area contributed by atoms with Crippen LogP contribution in [-0.4, -0.2) is 22.5 Å². The number of nitrogens with zero attached hydrogens (tertiary/aromatic N) is 2. The Bertz CT molecular complexity index is 1140. The molecule has 170 valence electrons. The first-order chi connectivity index (χ1) is 14.9. The Balaban J connectivity index is 1.80. The van der Waals surface area contributed by atoms with Crippen molar-refractivity contribution < 1.29 is 22.6 Å². The molecule has 0 aliphatic carbocycles. The van der Waals surface area contributed by atoms with Crippen LogP contribution in [0.4, 0.5) is 13.2 Å². The maximum Gasteiger partial charge on any atom is 0.573 e. The topological polar surface area (TPSA) is 53.4 Å². The molecule has 3 aromatic rings. The van der Waals surface area contributed by atoms with E-state index in [2.05, 4.69) is 30.5 Å². The average Bonchev–Trinajstić information content (AvgIpc) is 2.68. The van der Waals surface area contributed by atoms with Gasteiger partial charge in [-0.05, 0) is 60.4 Å². The van der Waals surface area contributed by atoms with Gasteiger partial charge >= 0.3 is 6.36 Å². The number of ether oxygens (including phenoxy) is 2. The number of aromatic nitrogens is 2. The van der Waals surface area contributed by atoms with E-state index in [4.69, 9.17) is 4.74 Å². The van der Waals surface area contributed by atoms with E-state index in [9.17, 15) is 18.0 Å². The van der Waals surface area contributed by atoms with Gasteiger partial charge in [0.2, 0.25) is 0 Å². The van der Waals surface area contributed by atoms with Crippen LogP contribution >= 0.6 is 11.8 Å². The summed E-state index contributed by atoms with van der Waals surface area (Å²) in [7, 11) is 0. The van der Waals surface area contributed by atoms with Crippen molar-refractivity contribution in [3.05, 3.63) is 70.8 Å². The molecule has 1 aromatic heterocycles. The van der Waals surface area contributed by atoms with Crippen molar-refractivity contribution >= 4 is 11.8 Å². The highest BCUT2D eigenvalue weighted by Gasteiger charge is 2.31. The third-order valence-corrected chi connectivity index (χ3v) is 5.16. The number of halogens is 3. The fourth-order valence-electron chi connectivity index (χ4n) is 2.73. The molecule has 32 heavy (non-hydrogen) atoms. The van der Waals surface area contributed by atoms with Crippen molar-refractivity contribution in [2.24, 2.45) is 5.41 Å². The summed E-state index contributed by atoms with van der Waals surface area (Å²) in [6.07, 6.45) is -1.68. The van der Waals surface area contributed by atoms with Crippen LogP contribution < -0.4 is 15.0 Å². The largest absolute Gasteiger partial charge is 0.573 e. The van der Waals surface area contributed by atoms with Gasteiger partial charge in [-0.3, -0.25) is 9.36 Å². The van der Waals surface area contributed by atoms with E-state index < -0.39 is 6.36 Å². The molecule has 0 fully saturated rings. The van der Waals surface area contributed by atoms with Crippen LogP contribution in [0.2, 0.25) is 0 Å². The molecule has 9 heteroatoms. The predicted octanol–water partition coefficient (Wildman–Crippen LogP) is 6.02. The average molecular weight is 465 g/mol. The Morgan fingerprint density at radius 1 is 1.06 bits per heavy atom. The summed E-state index contributed by atoms with van der Waals surface area (Å²) in [5, 5.41) is 0.197. The minimum atomic E-state index is -4.76. The molecule has 0 saturated heterocycles. The quantitative estimate of drug-likeness (QED) is 0.447. The highest BCUT2D eigenvalue weighted by Crippen LogP contribution is 2.29. The zero-order valence-electron chi connectivity index (χ0n) is 18.1. The maximum atomic E-state index is 13.0. The Hall–Kier alpha value is -2.94. The predicted molar refractivity (Wildman–Crippen MR) is 117 cm³/mol. The first-order valence-electron chi connectivity index (χ1n) is 9.76. The number of aryl methyl sites for hydroxylation is 1. The lowest BCUT2D eigenvalue weighted by Gasteiger charge is -2.20. The van der Waals surface area contributed by atoms with E-state index in [1.54, 1.807) is 12.3 Å². The summed E-state index contributed by atoms with van der Waals surface area (Å²) >= 11 is 1.06. The second-order valence-corrected chi connectivity index (χ2v) is 9.39. The Morgan fingerprint density at radius 3 is 2.34 bits per heavy atom. The highest BCUT2D eigenvalue weighted by molar-refractivity contribution is 7.99. The highest BCUT2D eigenvalue weighted by atomic mass is 32.2. The van der Waals surface area contributed by atoms with Gasteiger partial charge in [-0.2, -0.15) is 0 Å². The fourth-order valence-corrected chi connectivity index (χ4v) is 3.52. The summed E-state index contributed by atoms with van der Waals surface area (Å²) in [4.78, 5) is 17.6. The van der Waals surface area contributed by atoms with Gasteiger partial charge in [0, 0.05) is 23.0 Å². The van der Waals surface area contributed by atoms with Gasteiger partial charge in [0.25, 0.3) is 5.56 Å². The first-order valence-corrected chi connectivity index (χ1v) is 10.6. The molecule has 1 heterocycles. The molecular weight excluding hydrogens is 441 g/mol. The molecule has 0 aliphatic rings. The van der Waals surface area contributed by atoms with Crippen molar-refractivity contribution in [1.82, 2.24) is 9.55 Å². The molecule has 0 amide bonds. The monoisotopic (exact) mass is 464 g/mol. The van der Waals surface area contributed by atoms with Gasteiger partial charge in [-0.25, -0.2) is 4.98 Å². The van der Waals surface area contributed by atoms with Crippen LogP contribution in [0.25, 0.3) is 5.69 Å². The second kappa shape index (κ2) is 9.28. The van der Waals surface area contributed by atoms with Crippen LogP contribution in [0.5, 0.6) is 11.5 Å². The summed E-state index contributed by atoms with van der Waals surface area (Å²) in [5.74, 6) is 0.422. The van der Waals surface area contributed by atoms with E-state index in [-0.39, 0.29) is 21.7 Å². The molecule has 0 radical (unpaired) electrons. The summed E-state index contributed by atoms with van der Waals surface area (Å²) < 4.78 is 48.1. The zero-order valence-corrected chi connectivity index (χ0v) is 18.9. The molecule has 5 nitrogen and oxygen atoms in total. The molecule has 0 unspecified atom stereocenters. The zero-order chi connectivity index (χ0) is 23.5. The van der Waals surface area contributed by atoms with Crippen LogP contribution in [-0.2, 0) is 0 Å². The van der Waals surface area contributed by atoms with Gasteiger partial charge < -0.3 is 9.47 Å². The number of hydrogen-bond donors (Lipinski definition) is 0. The maximum absolute atomic E-state index is 13.0. The molecule has 0 spiro atoms. The van der Waals surface area contributed by atoms with E-state index in [0.29, 0.717) is 17.2 Å². The lowest BCUT2D eigenvalue weighted by Crippen LogP contribution is -2.20. The Morgan fingerprint density at radius 2 is 1.75 bits per heavy atom. The van der Waals surface area contributed by atoms with Crippen molar-refractivity contribution in [3.63, 3.8) is 0 Å². The Kier molecular flexibility index (Phi) is 6.88. The number of rotatable bonds is 6. The van der Waals surface area contributed by atoms with E-state index in [1.807, 2.05) is 19.1 Å². The number of alkyl halides is 3. The SMILES string of the molecule is Cc1cc(-n2ccnc(Sc3ccc(OC(F)(F)F)cc3)c2=O)ccc1OCC(C)(C)C. The van der Waals surface area contributed by atoms with Gasteiger partial charge in [0.15, 0.2) is 5.03 Å². The molecule has 0 N–H and O–H groups in total. The minimum Gasteiger partial charge on any atom is -0.493 e. The summed E-state index contributed by atoms with van der Waals surface area (Å²) in [6.45, 7) is 8.74. The molecule has 3 rings (SSSR count). The second-order valence-electron chi connectivity index (χ2n) is 8.33. The van der Waals surface area contributed by atoms with Gasteiger partial charge in [0.1, 0.15) is 11.5 Å². The summed E-state index contributed by atoms with van der Waals surface area (Å²) in [6, 6.07) is 10.7. The first kappa shape index (κ1) is 23.7. The molecule has 0 saturated carbocycles. The molecule has 0 aliphatic heterocycles. The Labute approximate surface area is 188 Å². The minimum absolute atomic E-state index is 0.0242. The van der Waals surface area contributed by atoms with E-state index in [0.717, 1.165) is 23.1 Å². The van der Waals surface area contributed by atoms with Crippen LogP contribution in [0.15, 0.2) is 69.6 Å². The molecule has 0 atom stereocenters. The van der Waals surface area contributed by atoms with Gasteiger partial charge in [-0.1, -0.05) is 32.5 Å². The van der Waals surface area contributed by atoms with Crippen LogP contribution in [0, 0.1) is 12.3 Å². The molecule has 0 bridgehead atoms. The third-order valence-electron chi connectivity index (χ3n) is 4.18. The molecule has 2 aromatic carbocycles. The number of hydrogen-bond acceptors (Lipinski definition) is 5. The van der Waals surface area contributed by atoms with E-state index in [1.165, 1.54) is 35.0 Å². The van der Waals surface area contributed by atoms with Crippen molar-refractivity contribution in [2.45, 2.75) is 44.0 Å². The standard InChI is InChI=1S/C23H23F3N2O3S/c1-15-13-16(5-10-19(15)30-14-22(2,3)4)28-12-11-27-20(21(28)29)32-18-8-6-17(7-9-18)31-23(24,25)26/h5-13H,14H2,1-4H3. The summed E-state index contributed by atoms with van der Waals surface area (Å²) in [5.41, 5.74) is 1.24.